The van der Waals surface area contributed by atoms with E-state index in [4.69, 9.17) is 4.74 Å². The lowest BCUT2D eigenvalue weighted by atomic mass is 9.82. The van der Waals surface area contributed by atoms with Crippen LogP contribution in [0.1, 0.15) is 61.0 Å². The van der Waals surface area contributed by atoms with E-state index in [-0.39, 0.29) is 71.2 Å². The van der Waals surface area contributed by atoms with Crippen LogP contribution in [0.4, 0.5) is 5.95 Å². The topological polar surface area (TPSA) is 142 Å². The Kier molecular flexibility index (Phi) is 8.30. The van der Waals surface area contributed by atoms with Crippen molar-refractivity contribution in [2.75, 3.05) is 17.9 Å². The fraction of sp³-hybridized carbons (Fsp3) is 0.455. The van der Waals surface area contributed by atoms with E-state index in [1.807, 2.05) is 36.9 Å². The van der Waals surface area contributed by atoms with E-state index in [0.717, 1.165) is 16.7 Å². The second-order valence-corrected chi connectivity index (χ2v) is 14.5. The van der Waals surface area contributed by atoms with Crippen LogP contribution in [-0.4, -0.2) is 82.5 Å². The molecule has 6 rings (SSSR count). The van der Waals surface area contributed by atoms with Crippen LogP contribution in [-0.2, 0) is 14.8 Å². The van der Waals surface area contributed by atoms with Crippen LogP contribution in [0.2, 0.25) is 0 Å². The Bertz CT molecular complexity index is 1720. The van der Waals surface area contributed by atoms with Gasteiger partial charge >= 0.3 is 0 Å². The zero-order chi connectivity index (χ0) is 32.0. The minimum absolute atomic E-state index is 0.0714. The number of hydrogen-bond acceptors (Lipinski definition) is 8. The maximum atomic E-state index is 14.3. The Labute approximate surface area is 263 Å². The van der Waals surface area contributed by atoms with Gasteiger partial charge in [-0.25, -0.2) is 18.1 Å². The molecule has 2 N–H and O–H groups in total. The largest absolute Gasteiger partial charge is 0.475 e. The van der Waals surface area contributed by atoms with Crippen LogP contribution in [0.15, 0.2) is 53.4 Å². The second kappa shape index (κ2) is 12.1. The first-order valence-electron chi connectivity index (χ1n) is 15.4. The van der Waals surface area contributed by atoms with Crippen LogP contribution in [0.3, 0.4) is 0 Å². The van der Waals surface area contributed by atoms with Crippen LogP contribution >= 0.6 is 0 Å². The standard InChI is InChI=1S/C33H39N5O6S/c1-19(2)11-25-18-44-29-16-28(31-20(3)7-5-8-21(31)4)34-33(35-29)36-45(42,43)27-10-6-9-22(12-27)32(41)38(25)24-13-23(14-24)37-17-26(39)15-30(37)40/h5-10,12,16,19,23-26,39H,11,13-15,17-18H2,1-4H3,(H,34,35,36)/t23?,24?,25-,26?/m1/s1. The number of amides is 2. The number of hydrogen-bond donors (Lipinski definition) is 2. The molecule has 238 valence electrons. The Morgan fingerprint density at radius 2 is 1.73 bits per heavy atom. The highest BCUT2D eigenvalue weighted by molar-refractivity contribution is 7.92. The molecule has 1 saturated carbocycles. The predicted molar refractivity (Wildman–Crippen MR) is 168 cm³/mol. The van der Waals surface area contributed by atoms with E-state index in [0.29, 0.717) is 31.5 Å². The Balaban J connectivity index is 1.42. The summed E-state index contributed by atoms with van der Waals surface area (Å²) in [4.78, 5) is 39.3. The average molecular weight is 634 g/mol. The normalized spacial score (nSPS) is 24.7. The molecule has 3 aromatic rings. The van der Waals surface area contributed by atoms with Gasteiger partial charge in [0.05, 0.1) is 29.2 Å². The van der Waals surface area contributed by atoms with E-state index < -0.39 is 16.1 Å². The van der Waals surface area contributed by atoms with Crippen molar-refractivity contribution in [1.29, 1.82) is 0 Å². The van der Waals surface area contributed by atoms with Crippen molar-refractivity contribution in [3.63, 3.8) is 0 Å². The third-order valence-electron chi connectivity index (χ3n) is 8.91. The highest BCUT2D eigenvalue weighted by atomic mass is 32.2. The van der Waals surface area contributed by atoms with Crippen LogP contribution < -0.4 is 9.46 Å². The zero-order valence-corrected chi connectivity index (χ0v) is 26.8. The van der Waals surface area contributed by atoms with Gasteiger partial charge in [0.2, 0.25) is 17.7 Å². The van der Waals surface area contributed by atoms with Gasteiger partial charge in [-0.1, -0.05) is 38.1 Å². The van der Waals surface area contributed by atoms with Gasteiger partial charge in [-0.05, 0) is 68.4 Å². The maximum Gasteiger partial charge on any atom is 0.264 e. The molecule has 2 atom stereocenters. The number of aliphatic hydroxyl groups is 1. The molecule has 1 saturated heterocycles. The molecule has 0 radical (unpaired) electrons. The summed E-state index contributed by atoms with van der Waals surface area (Å²) in [6.07, 6.45) is 1.20. The van der Waals surface area contributed by atoms with E-state index >= 15 is 0 Å². The van der Waals surface area contributed by atoms with Gasteiger partial charge in [-0.15, -0.1) is 0 Å². The lowest BCUT2D eigenvalue weighted by Gasteiger charge is -2.49. The molecule has 2 aliphatic heterocycles. The molecule has 3 aliphatic rings. The average Bonchev–Trinajstić information content (AvgIpc) is 3.28. The number of carbonyl (C=O) groups excluding carboxylic acids is 2. The van der Waals surface area contributed by atoms with Crippen molar-refractivity contribution in [2.24, 2.45) is 5.92 Å². The molecule has 2 fully saturated rings. The molecule has 0 spiro atoms. The number of anilines is 1. The molecule has 45 heavy (non-hydrogen) atoms. The molecule has 12 heteroatoms. The van der Waals surface area contributed by atoms with Gasteiger partial charge in [0.1, 0.15) is 6.61 Å². The minimum atomic E-state index is -4.16. The molecule has 11 nitrogen and oxygen atoms in total. The Morgan fingerprint density at radius 3 is 2.40 bits per heavy atom. The summed E-state index contributed by atoms with van der Waals surface area (Å²) in [5.41, 5.74) is 3.55. The monoisotopic (exact) mass is 633 g/mol. The molecule has 1 aromatic heterocycles. The van der Waals surface area contributed by atoms with Gasteiger partial charge in [0, 0.05) is 35.8 Å². The van der Waals surface area contributed by atoms with Gasteiger partial charge < -0.3 is 19.6 Å². The number of sulfonamides is 1. The summed E-state index contributed by atoms with van der Waals surface area (Å²) in [7, 11) is -4.16. The van der Waals surface area contributed by atoms with Crippen molar-refractivity contribution >= 4 is 27.8 Å². The number of nitrogens with zero attached hydrogens (tertiary/aromatic N) is 4. The smallest absolute Gasteiger partial charge is 0.264 e. The van der Waals surface area contributed by atoms with Gasteiger partial charge in [0.15, 0.2) is 0 Å². The molecule has 4 bridgehead atoms. The number of aliphatic hydroxyl groups excluding tert-OH is 1. The van der Waals surface area contributed by atoms with Crippen molar-refractivity contribution < 1.29 is 27.9 Å². The first kappa shape index (κ1) is 31.0. The molecule has 2 amide bonds. The number of likely N-dealkylation sites (tertiary alicyclic amines) is 1. The number of carbonyl (C=O) groups is 2. The van der Waals surface area contributed by atoms with Crippen molar-refractivity contribution in [1.82, 2.24) is 19.8 Å². The zero-order valence-electron chi connectivity index (χ0n) is 25.9. The number of β-amino-alcohol motifs (C(OH)–C–C–N with tert-alkyl or cyclic N) is 1. The van der Waals surface area contributed by atoms with Gasteiger partial charge in [-0.3, -0.25) is 9.59 Å². The van der Waals surface area contributed by atoms with Crippen molar-refractivity contribution in [3.05, 3.63) is 65.2 Å². The maximum absolute atomic E-state index is 14.3. The third-order valence-corrected chi connectivity index (χ3v) is 10.2. The molecular weight excluding hydrogens is 594 g/mol. The molecule has 3 heterocycles. The first-order chi connectivity index (χ1) is 21.4. The molecule has 1 unspecified atom stereocenters. The highest BCUT2D eigenvalue weighted by Crippen LogP contribution is 2.37. The Morgan fingerprint density at radius 1 is 1.02 bits per heavy atom. The highest BCUT2D eigenvalue weighted by Gasteiger charge is 2.46. The van der Waals surface area contributed by atoms with E-state index in [9.17, 15) is 23.1 Å². The number of aryl methyl sites for hydroxylation is 2. The summed E-state index contributed by atoms with van der Waals surface area (Å²) in [5, 5.41) is 10.0. The second-order valence-electron chi connectivity index (χ2n) is 12.8. The predicted octanol–water partition coefficient (Wildman–Crippen LogP) is 3.93. The van der Waals surface area contributed by atoms with Crippen LogP contribution in [0, 0.1) is 19.8 Å². The summed E-state index contributed by atoms with van der Waals surface area (Å²) in [5.74, 6) is -0.0941. The summed E-state index contributed by atoms with van der Waals surface area (Å²) in [6, 6.07) is 12.9. The third kappa shape index (κ3) is 6.26. The molecule has 2 aromatic carbocycles. The van der Waals surface area contributed by atoms with E-state index in [2.05, 4.69) is 28.5 Å². The van der Waals surface area contributed by atoms with Crippen molar-refractivity contribution in [3.8, 4) is 17.1 Å². The number of benzene rings is 2. The van der Waals surface area contributed by atoms with Gasteiger partial charge in [0.25, 0.3) is 15.9 Å². The SMILES string of the molecule is Cc1cccc(C)c1-c1cc2nc(n1)NS(=O)(=O)c1cccc(c1)C(=O)N(C1CC(N3CC(O)CC3=O)C1)[C@H](CC(C)C)CO2. The summed E-state index contributed by atoms with van der Waals surface area (Å²) >= 11 is 0. The Hall–Kier alpha value is -4.03. The lowest BCUT2D eigenvalue weighted by molar-refractivity contribution is -0.132. The lowest BCUT2D eigenvalue weighted by Crippen LogP contribution is -2.59. The van der Waals surface area contributed by atoms with Crippen LogP contribution in [0.25, 0.3) is 11.3 Å². The summed E-state index contributed by atoms with van der Waals surface area (Å²) in [6.45, 7) is 8.52. The van der Waals surface area contributed by atoms with E-state index in [1.54, 1.807) is 23.1 Å². The van der Waals surface area contributed by atoms with Crippen molar-refractivity contribution in [2.45, 2.75) is 82.5 Å². The van der Waals surface area contributed by atoms with Gasteiger partial charge in [-0.2, -0.15) is 4.98 Å². The number of ether oxygens (including phenoxy) is 1. The number of nitrogens with one attached hydrogen (secondary N) is 1. The fourth-order valence-electron chi connectivity index (χ4n) is 6.74. The first-order valence-corrected chi connectivity index (χ1v) is 16.9. The fourth-order valence-corrected chi connectivity index (χ4v) is 7.73. The number of aromatic nitrogens is 2. The quantitative estimate of drug-likeness (QED) is 0.431. The van der Waals surface area contributed by atoms with Crippen LogP contribution in [0.5, 0.6) is 5.88 Å². The molecular formula is C33H39N5O6S. The van der Waals surface area contributed by atoms with E-state index in [1.165, 1.54) is 12.1 Å². The minimum Gasteiger partial charge on any atom is -0.475 e. The number of fused-ring (bicyclic) bond motifs is 4. The summed E-state index contributed by atoms with van der Waals surface area (Å²) < 4.78 is 36.0. The molecule has 1 aliphatic carbocycles. The number of rotatable bonds is 5.